The molecule has 0 bridgehead atoms. The second-order valence-electron chi connectivity index (χ2n) is 5.73. The van der Waals surface area contributed by atoms with Gasteiger partial charge in [0.1, 0.15) is 0 Å². The number of alkyl halides is 5. The molecule has 0 rings (SSSR count). The first kappa shape index (κ1) is 21.5. The maximum atomic E-state index is 12.6. The van der Waals surface area contributed by atoms with E-state index in [1.165, 1.54) is 11.8 Å². The molecular formula is C14H23F5O2S. The van der Waals surface area contributed by atoms with E-state index in [4.69, 9.17) is 5.11 Å². The number of hydrogen-bond donors (Lipinski definition) is 1. The van der Waals surface area contributed by atoms with Crippen molar-refractivity contribution < 1.29 is 31.9 Å². The number of aliphatic carboxylic acids is 1. The Labute approximate surface area is 131 Å². The van der Waals surface area contributed by atoms with E-state index in [9.17, 15) is 26.7 Å². The molecule has 1 N–H and O–H groups in total. The Balaban J connectivity index is 3.80. The lowest BCUT2D eigenvalue weighted by atomic mass is 9.95. The third-order valence-corrected chi connectivity index (χ3v) is 4.26. The smallest absolute Gasteiger partial charge is 0.453 e. The molecule has 2 nitrogen and oxygen atoms in total. The minimum Gasteiger partial charge on any atom is -0.481 e. The standard InChI is InChI=1S/C14H23F5O2S/c1-10(2)9-11(12(20)21)5-8-22-7-4-3-6-13(15,16)14(17,18)19/h10-11H,3-9H2,1-2H3,(H,20,21). The summed E-state index contributed by atoms with van der Waals surface area (Å²) in [5.41, 5.74) is 0. The van der Waals surface area contributed by atoms with Crippen LogP contribution in [-0.4, -0.2) is 34.7 Å². The summed E-state index contributed by atoms with van der Waals surface area (Å²) in [5.74, 6) is -4.60. The van der Waals surface area contributed by atoms with Gasteiger partial charge in [-0.3, -0.25) is 4.79 Å². The van der Waals surface area contributed by atoms with Gasteiger partial charge in [0.2, 0.25) is 0 Å². The molecule has 22 heavy (non-hydrogen) atoms. The van der Waals surface area contributed by atoms with Crippen LogP contribution < -0.4 is 0 Å². The van der Waals surface area contributed by atoms with Gasteiger partial charge in [-0.2, -0.15) is 33.7 Å². The van der Waals surface area contributed by atoms with Gasteiger partial charge < -0.3 is 5.11 Å². The molecular weight excluding hydrogens is 327 g/mol. The van der Waals surface area contributed by atoms with Crippen molar-refractivity contribution in [2.75, 3.05) is 11.5 Å². The number of hydrogen-bond acceptors (Lipinski definition) is 2. The number of rotatable bonds is 11. The fraction of sp³-hybridized carbons (Fsp3) is 0.929. The third-order valence-electron chi connectivity index (χ3n) is 3.16. The summed E-state index contributed by atoms with van der Waals surface area (Å²) in [5, 5.41) is 9.03. The third kappa shape index (κ3) is 8.80. The Morgan fingerprint density at radius 2 is 1.68 bits per heavy atom. The summed E-state index contributed by atoms with van der Waals surface area (Å²) in [6.45, 7) is 3.87. The molecule has 0 spiro atoms. The first-order valence-electron chi connectivity index (χ1n) is 7.22. The summed E-state index contributed by atoms with van der Waals surface area (Å²) in [4.78, 5) is 11.0. The summed E-state index contributed by atoms with van der Waals surface area (Å²) in [6, 6.07) is 0. The van der Waals surface area contributed by atoms with E-state index in [-0.39, 0.29) is 18.8 Å². The minimum atomic E-state index is -5.48. The Kier molecular flexibility index (Phi) is 9.34. The molecule has 8 heteroatoms. The molecule has 0 heterocycles. The number of unbranched alkanes of at least 4 members (excludes halogenated alkanes) is 1. The topological polar surface area (TPSA) is 37.3 Å². The van der Waals surface area contributed by atoms with E-state index < -0.39 is 30.4 Å². The second-order valence-corrected chi connectivity index (χ2v) is 6.95. The lowest BCUT2D eigenvalue weighted by Gasteiger charge is -2.19. The Morgan fingerprint density at radius 3 is 2.14 bits per heavy atom. The fourth-order valence-electron chi connectivity index (χ4n) is 1.93. The predicted octanol–water partition coefficient (Wildman–Crippen LogP) is 5.22. The van der Waals surface area contributed by atoms with Crippen LogP contribution in [0.25, 0.3) is 0 Å². The molecule has 0 radical (unpaired) electrons. The van der Waals surface area contributed by atoms with Gasteiger partial charge in [-0.25, -0.2) is 0 Å². The number of carboxylic acid groups (broad SMARTS) is 1. The molecule has 0 saturated carbocycles. The van der Waals surface area contributed by atoms with Gasteiger partial charge >= 0.3 is 18.1 Å². The van der Waals surface area contributed by atoms with Crippen LogP contribution in [0.5, 0.6) is 0 Å². The summed E-state index contributed by atoms with van der Waals surface area (Å²) >= 11 is 1.39. The first-order chi connectivity index (χ1) is 9.97. The number of thioether (sulfide) groups is 1. The normalized spacial score (nSPS) is 14.4. The van der Waals surface area contributed by atoms with Crippen LogP contribution in [0.15, 0.2) is 0 Å². The molecule has 0 aliphatic carbocycles. The van der Waals surface area contributed by atoms with Crippen LogP contribution in [-0.2, 0) is 4.79 Å². The van der Waals surface area contributed by atoms with E-state index in [1.807, 2.05) is 13.8 Å². The van der Waals surface area contributed by atoms with Crippen molar-refractivity contribution in [1.82, 2.24) is 0 Å². The molecule has 1 atom stereocenters. The predicted molar refractivity (Wildman–Crippen MR) is 77.4 cm³/mol. The molecule has 0 fully saturated rings. The fourth-order valence-corrected chi connectivity index (χ4v) is 3.00. The molecule has 0 aliphatic rings. The van der Waals surface area contributed by atoms with Crippen LogP contribution in [0, 0.1) is 11.8 Å². The van der Waals surface area contributed by atoms with Gasteiger partial charge in [0, 0.05) is 6.42 Å². The van der Waals surface area contributed by atoms with Crippen molar-refractivity contribution in [1.29, 1.82) is 0 Å². The molecule has 0 amide bonds. The van der Waals surface area contributed by atoms with E-state index in [2.05, 4.69) is 0 Å². The zero-order valence-corrected chi connectivity index (χ0v) is 13.6. The Morgan fingerprint density at radius 1 is 1.09 bits per heavy atom. The van der Waals surface area contributed by atoms with Crippen LogP contribution in [0.1, 0.15) is 46.0 Å². The molecule has 132 valence electrons. The lowest BCUT2D eigenvalue weighted by molar-refractivity contribution is -0.284. The van der Waals surface area contributed by atoms with Gasteiger partial charge in [-0.15, -0.1) is 0 Å². The van der Waals surface area contributed by atoms with Gasteiger partial charge in [-0.1, -0.05) is 13.8 Å². The average Bonchev–Trinajstić information content (AvgIpc) is 2.33. The quantitative estimate of drug-likeness (QED) is 0.410. The van der Waals surface area contributed by atoms with E-state index >= 15 is 0 Å². The maximum absolute atomic E-state index is 12.6. The summed E-state index contributed by atoms with van der Waals surface area (Å²) < 4.78 is 61.0. The van der Waals surface area contributed by atoms with Gasteiger partial charge in [0.25, 0.3) is 0 Å². The highest BCUT2D eigenvalue weighted by Crippen LogP contribution is 2.39. The van der Waals surface area contributed by atoms with E-state index in [0.29, 0.717) is 24.3 Å². The SMILES string of the molecule is CC(C)CC(CCSCCCCC(F)(F)C(F)(F)F)C(=O)O. The van der Waals surface area contributed by atoms with Crippen LogP contribution in [0.4, 0.5) is 22.0 Å². The highest BCUT2D eigenvalue weighted by Gasteiger charge is 2.56. The Bertz CT molecular complexity index is 332. The van der Waals surface area contributed by atoms with Gasteiger partial charge in [0.15, 0.2) is 0 Å². The van der Waals surface area contributed by atoms with E-state index in [0.717, 1.165) is 0 Å². The zero-order valence-electron chi connectivity index (χ0n) is 12.8. The molecule has 0 aliphatic heterocycles. The van der Waals surface area contributed by atoms with Crippen molar-refractivity contribution in [3.63, 3.8) is 0 Å². The minimum absolute atomic E-state index is 0.201. The Hall–Kier alpha value is -0.530. The van der Waals surface area contributed by atoms with Crippen LogP contribution in [0.3, 0.4) is 0 Å². The van der Waals surface area contributed by atoms with Crippen molar-refractivity contribution in [2.24, 2.45) is 11.8 Å². The van der Waals surface area contributed by atoms with Gasteiger partial charge in [0.05, 0.1) is 5.92 Å². The molecule has 0 aromatic carbocycles. The number of halogens is 5. The van der Waals surface area contributed by atoms with Gasteiger partial charge in [-0.05, 0) is 43.1 Å². The maximum Gasteiger partial charge on any atom is 0.453 e. The van der Waals surface area contributed by atoms with Crippen LogP contribution >= 0.6 is 11.8 Å². The second kappa shape index (κ2) is 9.57. The summed E-state index contributed by atoms with van der Waals surface area (Å²) in [6.07, 6.45) is -5.55. The molecule has 0 aromatic heterocycles. The first-order valence-corrected chi connectivity index (χ1v) is 8.38. The number of carbonyl (C=O) groups is 1. The highest BCUT2D eigenvalue weighted by molar-refractivity contribution is 7.99. The van der Waals surface area contributed by atoms with Crippen molar-refractivity contribution in [3.05, 3.63) is 0 Å². The average molecular weight is 350 g/mol. The van der Waals surface area contributed by atoms with Crippen LogP contribution in [0.2, 0.25) is 0 Å². The zero-order chi connectivity index (χ0) is 17.4. The molecule has 0 saturated heterocycles. The number of carboxylic acids is 1. The van der Waals surface area contributed by atoms with Crippen molar-refractivity contribution in [2.45, 2.75) is 58.1 Å². The van der Waals surface area contributed by atoms with E-state index in [1.54, 1.807) is 0 Å². The van der Waals surface area contributed by atoms with Crippen molar-refractivity contribution >= 4 is 17.7 Å². The highest BCUT2D eigenvalue weighted by atomic mass is 32.2. The molecule has 1 unspecified atom stereocenters. The lowest BCUT2D eigenvalue weighted by Crippen LogP contribution is -2.36. The van der Waals surface area contributed by atoms with Crippen molar-refractivity contribution in [3.8, 4) is 0 Å². The largest absolute Gasteiger partial charge is 0.481 e. The summed E-state index contributed by atoms with van der Waals surface area (Å²) in [7, 11) is 0. The molecule has 0 aromatic rings. The monoisotopic (exact) mass is 350 g/mol.